The summed E-state index contributed by atoms with van der Waals surface area (Å²) in [6, 6.07) is 1.75. The molecule has 17 heavy (non-hydrogen) atoms. The van der Waals surface area contributed by atoms with Crippen LogP contribution in [0.1, 0.15) is 13.3 Å². The van der Waals surface area contributed by atoms with Gasteiger partial charge in [0.15, 0.2) is 0 Å². The summed E-state index contributed by atoms with van der Waals surface area (Å²) in [6.45, 7) is 6.43. The van der Waals surface area contributed by atoms with Gasteiger partial charge in [0.05, 0.1) is 0 Å². The highest BCUT2D eigenvalue weighted by atomic mass is 28.4. The maximum Gasteiger partial charge on any atom is 0.320 e. The molecular formula is C7H23N3O3Si4. The number of rotatable bonds is 8. The molecule has 0 rings (SSSR count). The van der Waals surface area contributed by atoms with Crippen molar-refractivity contribution in [3.63, 3.8) is 0 Å². The lowest BCUT2D eigenvalue weighted by Crippen LogP contribution is -2.41. The molecule has 0 heterocycles. The van der Waals surface area contributed by atoms with Crippen molar-refractivity contribution < 1.29 is 13.0 Å². The van der Waals surface area contributed by atoms with E-state index in [0.717, 1.165) is 24.1 Å². The van der Waals surface area contributed by atoms with E-state index in [-0.39, 0.29) is 0 Å². The van der Waals surface area contributed by atoms with Gasteiger partial charge in [-0.3, -0.25) is 0 Å². The van der Waals surface area contributed by atoms with Gasteiger partial charge < -0.3 is 13.0 Å². The van der Waals surface area contributed by atoms with Crippen LogP contribution >= 0.6 is 0 Å². The maximum absolute atomic E-state index is 8.16. The molecule has 6 nitrogen and oxygen atoms in total. The highest BCUT2D eigenvalue weighted by molar-refractivity contribution is 6.73. The second kappa shape index (κ2) is 12.3. The molecule has 0 aliphatic carbocycles. The lowest BCUT2D eigenvalue weighted by Gasteiger charge is -2.28. The van der Waals surface area contributed by atoms with Gasteiger partial charge in [0, 0.05) is 17.5 Å². The molecule has 0 fully saturated rings. The van der Waals surface area contributed by atoms with Gasteiger partial charge in [-0.2, -0.15) is 0 Å². The van der Waals surface area contributed by atoms with Crippen LogP contribution < -0.4 is 0 Å². The molecule has 0 saturated heterocycles. The third-order valence-corrected chi connectivity index (χ3v) is 10.4. The molecule has 0 amide bonds. The average molecular weight is 310 g/mol. The van der Waals surface area contributed by atoms with Crippen molar-refractivity contribution in [1.82, 2.24) is 0 Å². The Labute approximate surface area is 113 Å². The molecule has 0 aromatic rings. The molecule has 0 aromatic carbocycles. The van der Waals surface area contributed by atoms with Crippen LogP contribution in [0.25, 0.3) is 10.4 Å². The average Bonchev–Trinajstić information content (AvgIpc) is 2.35. The molecular weight excluding hydrogens is 286 g/mol. The van der Waals surface area contributed by atoms with Crippen LogP contribution in [0, 0.1) is 0 Å². The Bertz CT molecular complexity index is 257. The zero-order valence-corrected chi connectivity index (χ0v) is 18.1. The standard InChI is InChI=1S/C7H19N3O2Si3.H4OSi/c1-7(2)6-15(11-13,12-14)5-3-4-9-10-8;1-2/h1,3-6H2,2,13-14H3;1H,2H3. The van der Waals surface area contributed by atoms with Crippen LogP contribution in [0.4, 0.5) is 0 Å². The maximum atomic E-state index is 8.16. The summed E-state index contributed by atoms with van der Waals surface area (Å²) in [5.41, 5.74) is 9.27. The van der Waals surface area contributed by atoms with Gasteiger partial charge in [0.2, 0.25) is 0 Å². The van der Waals surface area contributed by atoms with E-state index in [0.29, 0.717) is 38.0 Å². The fourth-order valence-corrected chi connectivity index (χ4v) is 8.19. The minimum atomic E-state index is -2.02. The third-order valence-electron chi connectivity index (χ3n) is 2.19. The minimum Gasteiger partial charge on any atom is -0.445 e. The molecule has 1 N–H and O–H groups in total. The summed E-state index contributed by atoms with van der Waals surface area (Å²) in [7, 11) is -0.321. The molecule has 0 aliphatic rings. The summed E-state index contributed by atoms with van der Waals surface area (Å²) < 4.78 is 11.3. The second-order valence-corrected chi connectivity index (χ2v) is 9.45. The van der Waals surface area contributed by atoms with E-state index in [1.165, 1.54) is 0 Å². The first-order valence-electron chi connectivity index (χ1n) is 5.30. The van der Waals surface area contributed by atoms with E-state index >= 15 is 0 Å². The quantitative estimate of drug-likeness (QED) is 0.149. The molecule has 10 heteroatoms. The van der Waals surface area contributed by atoms with Crippen molar-refractivity contribution in [3.05, 3.63) is 22.6 Å². The van der Waals surface area contributed by atoms with Crippen LogP contribution in [0.5, 0.6) is 0 Å². The predicted octanol–water partition coefficient (Wildman–Crippen LogP) is -1.44. The Kier molecular flexibility index (Phi) is 13.8. The van der Waals surface area contributed by atoms with Crippen molar-refractivity contribution in [1.29, 1.82) is 0 Å². The zero-order valence-electron chi connectivity index (χ0n) is 11.1. The van der Waals surface area contributed by atoms with Crippen LogP contribution in [-0.2, 0) is 8.23 Å². The van der Waals surface area contributed by atoms with E-state index in [9.17, 15) is 0 Å². The van der Waals surface area contributed by atoms with E-state index in [1.54, 1.807) is 0 Å². The molecule has 0 bridgehead atoms. The van der Waals surface area contributed by atoms with Gasteiger partial charge in [-0.05, 0) is 24.9 Å². The Balaban J connectivity index is 0. The minimum absolute atomic E-state index is 0.306. The van der Waals surface area contributed by atoms with Crippen LogP contribution in [0.2, 0.25) is 12.1 Å². The molecule has 0 spiro atoms. The Morgan fingerprint density at radius 3 is 2.35 bits per heavy atom. The van der Waals surface area contributed by atoms with E-state index < -0.39 is 8.56 Å². The first-order chi connectivity index (χ1) is 8.10. The number of hydrogen-bond donors (Lipinski definition) is 1. The van der Waals surface area contributed by atoms with Crippen molar-refractivity contribution in [3.8, 4) is 0 Å². The lowest BCUT2D eigenvalue weighted by molar-refractivity contribution is 0.420. The van der Waals surface area contributed by atoms with Crippen LogP contribution in [-0.4, -0.2) is 51.4 Å². The highest BCUT2D eigenvalue weighted by Gasteiger charge is 2.33. The molecule has 100 valence electrons. The molecule has 0 aromatic heterocycles. The first kappa shape index (κ1) is 19.1. The zero-order chi connectivity index (χ0) is 13.7. The van der Waals surface area contributed by atoms with E-state index in [4.69, 9.17) is 18.6 Å². The number of azide groups is 1. The van der Waals surface area contributed by atoms with Crippen LogP contribution in [0.3, 0.4) is 0 Å². The third kappa shape index (κ3) is 9.49. The summed E-state index contributed by atoms with van der Waals surface area (Å²) >= 11 is 0. The number of allylic oxidation sites excluding steroid dienone is 1. The summed E-state index contributed by atoms with van der Waals surface area (Å²) in [4.78, 5) is 9.87. The van der Waals surface area contributed by atoms with Gasteiger partial charge >= 0.3 is 8.56 Å². The molecule has 0 atom stereocenters. The van der Waals surface area contributed by atoms with Crippen LogP contribution in [0.15, 0.2) is 17.3 Å². The number of hydrogen-bond acceptors (Lipinski definition) is 4. The smallest absolute Gasteiger partial charge is 0.320 e. The fraction of sp³-hybridized carbons (Fsp3) is 0.714. The molecule has 0 unspecified atom stereocenters. The van der Waals surface area contributed by atoms with Gasteiger partial charge in [0.25, 0.3) is 0 Å². The largest absolute Gasteiger partial charge is 0.445 e. The normalized spacial score (nSPS) is 13.3. The summed E-state index contributed by atoms with van der Waals surface area (Å²) in [5, 5.41) is 3.51. The second-order valence-electron chi connectivity index (χ2n) is 3.51. The van der Waals surface area contributed by atoms with Gasteiger partial charge in [-0.1, -0.05) is 10.7 Å². The van der Waals surface area contributed by atoms with E-state index in [1.807, 2.05) is 6.92 Å². The number of nitrogens with zero attached hydrogens (tertiary/aromatic N) is 3. The van der Waals surface area contributed by atoms with Gasteiger partial charge in [0.1, 0.15) is 31.5 Å². The van der Waals surface area contributed by atoms with E-state index in [2.05, 4.69) is 16.6 Å². The topological polar surface area (TPSA) is 87.5 Å². The Morgan fingerprint density at radius 1 is 1.47 bits per heavy atom. The first-order valence-corrected chi connectivity index (χ1v) is 10.1. The van der Waals surface area contributed by atoms with Crippen molar-refractivity contribution in [2.75, 3.05) is 6.54 Å². The summed E-state index contributed by atoms with van der Waals surface area (Å²) in [6.07, 6.45) is 0.841. The van der Waals surface area contributed by atoms with Gasteiger partial charge in [-0.25, -0.2) is 0 Å². The van der Waals surface area contributed by atoms with Gasteiger partial charge in [-0.15, -0.1) is 6.58 Å². The summed E-state index contributed by atoms with van der Waals surface area (Å²) in [5.74, 6) is 0. The predicted molar refractivity (Wildman–Crippen MR) is 83.0 cm³/mol. The highest BCUT2D eigenvalue weighted by Crippen LogP contribution is 2.22. The molecule has 0 saturated carbocycles. The molecule has 0 radical (unpaired) electrons. The monoisotopic (exact) mass is 309 g/mol. The Morgan fingerprint density at radius 2 is 2.00 bits per heavy atom. The Hall–Kier alpha value is -0.202. The van der Waals surface area contributed by atoms with Crippen molar-refractivity contribution in [2.24, 2.45) is 5.11 Å². The van der Waals surface area contributed by atoms with Crippen molar-refractivity contribution in [2.45, 2.75) is 25.4 Å². The fourth-order valence-electron chi connectivity index (χ4n) is 1.44. The lowest BCUT2D eigenvalue weighted by atomic mass is 10.4. The molecule has 0 aliphatic heterocycles. The van der Waals surface area contributed by atoms with Crippen molar-refractivity contribution >= 4 is 40.0 Å². The SMILES string of the molecule is C=C(C)C[Si](CCCN=[N+]=[N-])(O[SiH3])O[SiH3].O[SiH3].